The summed E-state index contributed by atoms with van der Waals surface area (Å²) >= 11 is 1.33. The van der Waals surface area contributed by atoms with Crippen molar-refractivity contribution in [1.29, 1.82) is 0 Å². The second-order valence-electron chi connectivity index (χ2n) is 7.48. The third-order valence-electron chi connectivity index (χ3n) is 4.81. The van der Waals surface area contributed by atoms with Crippen LogP contribution in [0.2, 0.25) is 0 Å². The van der Waals surface area contributed by atoms with Crippen LogP contribution in [0, 0.1) is 5.92 Å². The Bertz CT molecular complexity index is 1050. The molecule has 3 rings (SSSR count). The minimum atomic E-state index is -3.64. The van der Waals surface area contributed by atoms with Crippen LogP contribution in [0.3, 0.4) is 0 Å². The summed E-state index contributed by atoms with van der Waals surface area (Å²) < 4.78 is 27.3. The van der Waals surface area contributed by atoms with Gasteiger partial charge in [-0.2, -0.15) is 0 Å². The van der Waals surface area contributed by atoms with E-state index in [1.807, 2.05) is 44.2 Å². The van der Waals surface area contributed by atoms with E-state index in [4.69, 9.17) is 5.73 Å². The number of hydrogen-bond acceptors (Lipinski definition) is 7. The van der Waals surface area contributed by atoms with E-state index in [0.717, 1.165) is 16.7 Å². The van der Waals surface area contributed by atoms with Gasteiger partial charge in [-0.1, -0.05) is 55.5 Å². The van der Waals surface area contributed by atoms with E-state index in [1.54, 1.807) is 18.2 Å². The minimum Gasteiger partial charge on any atom is -0.392 e. The zero-order valence-electron chi connectivity index (χ0n) is 16.6. The Labute approximate surface area is 175 Å². The molecule has 3 aromatic rings. The molecule has 4 N–H and O–H groups in total. The molecule has 0 spiro atoms. The number of thiazole rings is 1. The highest BCUT2D eigenvalue weighted by Crippen LogP contribution is 2.28. The minimum absolute atomic E-state index is 0.169. The Kier molecular flexibility index (Phi) is 6.89. The molecule has 0 saturated carbocycles. The highest BCUT2D eigenvalue weighted by atomic mass is 32.2. The Morgan fingerprint density at radius 2 is 1.90 bits per heavy atom. The fourth-order valence-corrected chi connectivity index (χ4v) is 5.86. The van der Waals surface area contributed by atoms with Gasteiger partial charge in [-0.3, -0.25) is 5.32 Å². The number of nitrogens with zero attached hydrogens (tertiary/aromatic N) is 1. The normalized spacial score (nSPS) is 14.3. The molecule has 0 saturated heterocycles. The number of rotatable bonds is 9. The molecule has 2 atom stereocenters. The summed E-state index contributed by atoms with van der Waals surface area (Å²) in [5, 5.41) is 13.0. The van der Waals surface area contributed by atoms with Crippen molar-refractivity contribution in [2.45, 2.75) is 43.1 Å². The van der Waals surface area contributed by atoms with Crippen LogP contribution in [0.25, 0.3) is 10.2 Å². The third kappa shape index (κ3) is 5.33. The molecule has 0 amide bonds. The second kappa shape index (κ2) is 9.21. The standard InChI is InChI=1S/C21H27N3O3S2/c1-14(2)20(23-13-16(25)9-8-15-6-4-3-5-7-15)29(26,27)17-10-11-19-18(12-17)24-21(22)28-19/h3-7,10-12,14,16,20,23,25H,8-9,13H2,1-2H3,(H2,22,24)/t16-,20?/m1/s1. The van der Waals surface area contributed by atoms with Gasteiger partial charge in [-0.25, -0.2) is 13.4 Å². The van der Waals surface area contributed by atoms with E-state index in [9.17, 15) is 13.5 Å². The van der Waals surface area contributed by atoms with Gasteiger partial charge in [0.2, 0.25) is 0 Å². The summed E-state index contributed by atoms with van der Waals surface area (Å²) in [7, 11) is -3.64. The lowest BCUT2D eigenvalue weighted by Crippen LogP contribution is -2.44. The molecule has 2 aromatic carbocycles. The monoisotopic (exact) mass is 433 g/mol. The Balaban J connectivity index is 1.68. The van der Waals surface area contributed by atoms with Crippen LogP contribution in [0.1, 0.15) is 25.8 Å². The molecule has 1 aromatic heterocycles. The maximum absolute atomic E-state index is 13.2. The summed E-state index contributed by atoms with van der Waals surface area (Å²) in [5.74, 6) is -0.169. The van der Waals surface area contributed by atoms with Crippen LogP contribution in [0.5, 0.6) is 0 Å². The number of aryl methyl sites for hydroxylation is 1. The molecule has 156 valence electrons. The summed E-state index contributed by atoms with van der Waals surface area (Å²) in [6.45, 7) is 3.91. The second-order valence-corrected chi connectivity index (χ2v) is 10.6. The molecule has 29 heavy (non-hydrogen) atoms. The topological polar surface area (TPSA) is 105 Å². The van der Waals surface area contributed by atoms with Crippen LogP contribution < -0.4 is 11.1 Å². The molecular weight excluding hydrogens is 406 g/mol. The van der Waals surface area contributed by atoms with E-state index in [-0.39, 0.29) is 17.4 Å². The van der Waals surface area contributed by atoms with Gasteiger partial charge < -0.3 is 10.8 Å². The van der Waals surface area contributed by atoms with Crippen molar-refractivity contribution in [3.8, 4) is 0 Å². The lowest BCUT2D eigenvalue weighted by atomic mass is 10.1. The number of aromatic nitrogens is 1. The van der Waals surface area contributed by atoms with Crippen molar-refractivity contribution in [2.75, 3.05) is 12.3 Å². The van der Waals surface area contributed by atoms with E-state index < -0.39 is 21.3 Å². The van der Waals surface area contributed by atoms with Crippen molar-refractivity contribution in [2.24, 2.45) is 5.92 Å². The number of nitrogens with one attached hydrogen (secondary N) is 1. The van der Waals surface area contributed by atoms with Crippen LogP contribution in [0.4, 0.5) is 5.13 Å². The van der Waals surface area contributed by atoms with Crippen LogP contribution in [-0.4, -0.2) is 36.5 Å². The van der Waals surface area contributed by atoms with Crippen molar-refractivity contribution in [3.63, 3.8) is 0 Å². The number of sulfone groups is 1. The van der Waals surface area contributed by atoms with Crippen molar-refractivity contribution < 1.29 is 13.5 Å². The Morgan fingerprint density at radius 1 is 1.17 bits per heavy atom. The number of hydrogen-bond donors (Lipinski definition) is 3. The molecule has 1 unspecified atom stereocenters. The number of anilines is 1. The quantitative estimate of drug-likeness (QED) is 0.478. The van der Waals surface area contributed by atoms with Crippen LogP contribution in [-0.2, 0) is 16.3 Å². The van der Waals surface area contributed by atoms with Crippen molar-refractivity contribution in [3.05, 3.63) is 54.1 Å². The third-order valence-corrected chi connectivity index (χ3v) is 7.96. The number of nitrogen functional groups attached to an aromatic ring is 1. The molecule has 0 radical (unpaired) electrons. The fourth-order valence-electron chi connectivity index (χ4n) is 3.28. The lowest BCUT2D eigenvalue weighted by molar-refractivity contribution is 0.159. The largest absolute Gasteiger partial charge is 0.392 e. The zero-order chi connectivity index (χ0) is 21.0. The highest BCUT2D eigenvalue weighted by Gasteiger charge is 2.30. The summed E-state index contributed by atoms with van der Waals surface area (Å²) in [5.41, 5.74) is 7.46. The first-order valence-corrected chi connectivity index (χ1v) is 12.0. The fraction of sp³-hybridized carbons (Fsp3) is 0.381. The molecule has 0 aliphatic carbocycles. The van der Waals surface area contributed by atoms with Crippen LogP contribution >= 0.6 is 11.3 Å². The van der Waals surface area contributed by atoms with E-state index in [1.165, 1.54) is 11.3 Å². The van der Waals surface area contributed by atoms with E-state index in [0.29, 0.717) is 17.1 Å². The number of benzene rings is 2. The molecule has 0 bridgehead atoms. The molecular formula is C21H27N3O3S2. The van der Waals surface area contributed by atoms with Gasteiger partial charge in [0.05, 0.1) is 21.2 Å². The first-order valence-electron chi connectivity index (χ1n) is 9.62. The average Bonchev–Trinajstić information content (AvgIpc) is 3.06. The van der Waals surface area contributed by atoms with Gasteiger partial charge in [-0.15, -0.1) is 0 Å². The molecule has 1 heterocycles. The summed E-state index contributed by atoms with van der Waals surface area (Å²) in [4.78, 5) is 4.40. The van der Waals surface area contributed by atoms with E-state index >= 15 is 0 Å². The Hall–Kier alpha value is -2.00. The highest BCUT2D eigenvalue weighted by molar-refractivity contribution is 7.92. The maximum Gasteiger partial charge on any atom is 0.194 e. The number of fused-ring (bicyclic) bond motifs is 1. The van der Waals surface area contributed by atoms with Gasteiger partial charge >= 0.3 is 0 Å². The van der Waals surface area contributed by atoms with Gasteiger partial charge in [0, 0.05) is 6.54 Å². The van der Waals surface area contributed by atoms with Gasteiger partial charge in [0.1, 0.15) is 5.37 Å². The van der Waals surface area contributed by atoms with Gasteiger partial charge in [0.15, 0.2) is 15.0 Å². The lowest BCUT2D eigenvalue weighted by Gasteiger charge is -2.24. The van der Waals surface area contributed by atoms with Gasteiger partial charge in [-0.05, 0) is 42.5 Å². The number of nitrogens with two attached hydrogens (primary N) is 1. The molecule has 0 aliphatic heterocycles. The van der Waals surface area contributed by atoms with Gasteiger partial charge in [0.25, 0.3) is 0 Å². The predicted octanol–water partition coefficient (Wildman–Crippen LogP) is 3.22. The summed E-state index contributed by atoms with van der Waals surface area (Å²) in [6, 6.07) is 14.8. The maximum atomic E-state index is 13.2. The van der Waals surface area contributed by atoms with Crippen LogP contribution in [0.15, 0.2) is 53.4 Å². The number of aliphatic hydroxyl groups is 1. The molecule has 8 heteroatoms. The predicted molar refractivity (Wildman–Crippen MR) is 119 cm³/mol. The van der Waals surface area contributed by atoms with E-state index in [2.05, 4.69) is 10.3 Å². The smallest absolute Gasteiger partial charge is 0.194 e. The first-order chi connectivity index (χ1) is 13.8. The first kappa shape index (κ1) is 21.7. The molecule has 0 fully saturated rings. The summed E-state index contributed by atoms with van der Waals surface area (Å²) in [6.07, 6.45) is 0.670. The van der Waals surface area contributed by atoms with Crippen molar-refractivity contribution in [1.82, 2.24) is 10.3 Å². The molecule has 0 aliphatic rings. The Morgan fingerprint density at radius 3 is 2.59 bits per heavy atom. The SMILES string of the molecule is CC(C)C(NC[C@H](O)CCc1ccccc1)S(=O)(=O)c1ccc2sc(N)nc2c1. The molecule has 6 nitrogen and oxygen atoms in total. The number of aliphatic hydroxyl groups excluding tert-OH is 1. The zero-order valence-corrected chi connectivity index (χ0v) is 18.2. The average molecular weight is 434 g/mol. The van der Waals surface area contributed by atoms with Crippen molar-refractivity contribution >= 4 is 36.5 Å².